The SMILES string of the molecule is COc1cccc(C=C2SC(=S)NC2=O)c1OC(C)C(=O)O. The third kappa shape index (κ3) is 3.58. The predicted octanol–water partition coefficient (Wildman–Crippen LogP) is 2.04. The van der Waals surface area contributed by atoms with E-state index in [1.165, 1.54) is 14.0 Å². The fourth-order valence-electron chi connectivity index (χ4n) is 1.72. The summed E-state index contributed by atoms with van der Waals surface area (Å²) in [5.41, 5.74) is 0.537. The van der Waals surface area contributed by atoms with Gasteiger partial charge in [0.1, 0.15) is 4.32 Å². The minimum absolute atomic E-state index is 0.263. The lowest BCUT2D eigenvalue weighted by Gasteiger charge is -2.16. The van der Waals surface area contributed by atoms with E-state index < -0.39 is 12.1 Å². The minimum atomic E-state index is -1.10. The van der Waals surface area contributed by atoms with Crippen LogP contribution in [0.4, 0.5) is 0 Å². The first-order chi connectivity index (χ1) is 10.4. The van der Waals surface area contributed by atoms with Crippen LogP contribution in [0.1, 0.15) is 12.5 Å². The Morgan fingerprint density at radius 2 is 2.23 bits per heavy atom. The second kappa shape index (κ2) is 6.80. The van der Waals surface area contributed by atoms with E-state index >= 15 is 0 Å². The molecule has 1 saturated heterocycles. The molecular formula is C14H13NO5S2. The number of hydrogen-bond acceptors (Lipinski definition) is 6. The zero-order valence-electron chi connectivity index (χ0n) is 11.8. The highest BCUT2D eigenvalue weighted by atomic mass is 32.2. The number of hydrogen-bond donors (Lipinski definition) is 2. The van der Waals surface area contributed by atoms with Crippen molar-refractivity contribution >= 4 is 46.3 Å². The Hall–Kier alpha value is -2.06. The van der Waals surface area contributed by atoms with Crippen molar-refractivity contribution in [3.05, 3.63) is 28.7 Å². The number of methoxy groups -OCH3 is 1. The van der Waals surface area contributed by atoms with Crippen LogP contribution in [0.25, 0.3) is 6.08 Å². The molecule has 1 aromatic carbocycles. The second-order valence-corrected chi connectivity index (χ2v) is 6.05. The summed E-state index contributed by atoms with van der Waals surface area (Å²) in [6.45, 7) is 1.41. The Kier molecular flexibility index (Phi) is 5.04. The number of rotatable bonds is 5. The molecule has 1 aliphatic heterocycles. The molecule has 0 bridgehead atoms. The summed E-state index contributed by atoms with van der Waals surface area (Å²) in [6.07, 6.45) is 0.533. The van der Waals surface area contributed by atoms with Gasteiger partial charge in [-0.25, -0.2) is 4.79 Å². The summed E-state index contributed by atoms with van der Waals surface area (Å²) in [4.78, 5) is 23.1. The van der Waals surface area contributed by atoms with Crippen molar-refractivity contribution in [2.75, 3.05) is 7.11 Å². The molecule has 0 aliphatic carbocycles. The first-order valence-corrected chi connectivity index (χ1v) is 7.46. The Morgan fingerprint density at radius 1 is 1.50 bits per heavy atom. The highest BCUT2D eigenvalue weighted by molar-refractivity contribution is 8.26. The van der Waals surface area contributed by atoms with Crippen molar-refractivity contribution in [2.24, 2.45) is 0 Å². The summed E-state index contributed by atoms with van der Waals surface area (Å²) in [5.74, 6) is -0.749. The van der Waals surface area contributed by atoms with Gasteiger partial charge in [0.25, 0.3) is 5.91 Å². The van der Waals surface area contributed by atoms with Crippen LogP contribution in [0, 0.1) is 0 Å². The number of benzene rings is 1. The first-order valence-electron chi connectivity index (χ1n) is 6.23. The number of para-hydroxylation sites is 1. The van der Waals surface area contributed by atoms with Crippen LogP contribution in [0.5, 0.6) is 11.5 Å². The molecular weight excluding hydrogens is 326 g/mol. The number of amides is 1. The van der Waals surface area contributed by atoms with Crippen LogP contribution in [0.3, 0.4) is 0 Å². The van der Waals surface area contributed by atoms with Gasteiger partial charge in [-0.2, -0.15) is 0 Å². The summed E-state index contributed by atoms with van der Waals surface area (Å²) in [7, 11) is 1.46. The number of carboxylic acid groups (broad SMARTS) is 1. The molecule has 22 heavy (non-hydrogen) atoms. The fraction of sp³-hybridized carbons (Fsp3) is 0.214. The molecule has 1 atom stereocenters. The van der Waals surface area contributed by atoms with Crippen LogP contribution in [0.2, 0.25) is 0 Å². The number of thioether (sulfide) groups is 1. The molecule has 0 radical (unpaired) electrons. The van der Waals surface area contributed by atoms with Crippen LogP contribution >= 0.6 is 24.0 Å². The van der Waals surface area contributed by atoms with Crippen LogP contribution in [-0.4, -0.2) is 34.5 Å². The third-order valence-corrected chi connectivity index (χ3v) is 3.96. The van der Waals surface area contributed by atoms with E-state index in [1.807, 2.05) is 0 Å². The number of carbonyl (C=O) groups is 2. The molecule has 1 aromatic rings. The lowest BCUT2D eigenvalue weighted by atomic mass is 10.1. The molecule has 8 heteroatoms. The Morgan fingerprint density at radius 3 is 2.77 bits per heavy atom. The summed E-state index contributed by atoms with van der Waals surface area (Å²) in [5, 5.41) is 11.5. The fourth-order valence-corrected chi connectivity index (χ4v) is 2.76. The average Bonchev–Trinajstić information content (AvgIpc) is 2.78. The molecule has 2 rings (SSSR count). The van der Waals surface area contributed by atoms with E-state index in [0.717, 1.165) is 11.8 Å². The van der Waals surface area contributed by atoms with E-state index in [0.29, 0.717) is 20.5 Å². The van der Waals surface area contributed by atoms with Crippen LogP contribution in [-0.2, 0) is 9.59 Å². The number of thiocarbonyl (C=S) groups is 1. The molecule has 6 nitrogen and oxygen atoms in total. The summed E-state index contributed by atoms with van der Waals surface area (Å²) < 4.78 is 11.0. The van der Waals surface area contributed by atoms with E-state index in [4.69, 9.17) is 26.8 Å². The van der Waals surface area contributed by atoms with Crippen molar-refractivity contribution in [3.63, 3.8) is 0 Å². The summed E-state index contributed by atoms with van der Waals surface area (Å²) in [6, 6.07) is 5.08. The van der Waals surface area contributed by atoms with Gasteiger partial charge < -0.3 is 19.9 Å². The molecule has 1 fully saturated rings. The Bertz CT molecular complexity index is 671. The van der Waals surface area contributed by atoms with Gasteiger partial charge in [-0.3, -0.25) is 4.79 Å². The van der Waals surface area contributed by atoms with Gasteiger partial charge in [-0.15, -0.1) is 0 Å². The maximum atomic E-state index is 11.7. The van der Waals surface area contributed by atoms with Crippen LogP contribution in [0.15, 0.2) is 23.1 Å². The van der Waals surface area contributed by atoms with Crippen molar-refractivity contribution in [2.45, 2.75) is 13.0 Å². The lowest BCUT2D eigenvalue weighted by Crippen LogP contribution is -2.23. The van der Waals surface area contributed by atoms with Gasteiger partial charge in [0.05, 0.1) is 12.0 Å². The predicted molar refractivity (Wildman–Crippen MR) is 87.0 cm³/mol. The van der Waals surface area contributed by atoms with Gasteiger partial charge in [0.15, 0.2) is 17.6 Å². The minimum Gasteiger partial charge on any atom is -0.493 e. The standard InChI is InChI=1S/C14H13NO5S2/c1-7(13(17)18)20-11-8(4-3-5-9(11)19-2)6-10-12(16)15-14(21)22-10/h3-7H,1-2H3,(H,17,18)(H,15,16,21). The molecule has 1 aliphatic rings. The number of carbonyl (C=O) groups excluding carboxylic acids is 1. The van der Waals surface area contributed by atoms with E-state index in [1.54, 1.807) is 24.3 Å². The topological polar surface area (TPSA) is 84.9 Å². The highest BCUT2D eigenvalue weighted by Crippen LogP contribution is 2.35. The first kappa shape index (κ1) is 16.3. The average molecular weight is 339 g/mol. The Balaban J connectivity index is 2.43. The molecule has 0 spiro atoms. The van der Waals surface area contributed by atoms with E-state index in [2.05, 4.69) is 5.32 Å². The molecule has 1 amide bonds. The lowest BCUT2D eigenvalue weighted by molar-refractivity contribution is -0.144. The largest absolute Gasteiger partial charge is 0.493 e. The quantitative estimate of drug-likeness (QED) is 0.627. The van der Waals surface area contributed by atoms with Gasteiger partial charge in [-0.05, 0) is 19.1 Å². The van der Waals surface area contributed by atoms with Crippen molar-refractivity contribution in [1.29, 1.82) is 0 Å². The molecule has 1 unspecified atom stereocenters. The van der Waals surface area contributed by atoms with Crippen molar-refractivity contribution < 1.29 is 24.2 Å². The highest BCUT2D eigenvalue weighted by Gasteiger charge is 2.24. The van der Waals surface area contributed by atoms with Crippen molar-refractivity contribution in [3.8, 4) is 11.5 Å². The maximum Gasteiger partial charge on any atom is 0.344 e. The third-order valence-electron chi connectivity index (χ3n) is 2.80. The number of carboxylic acids is 1. The number of ether oxygens (including phenoxy) is 2. The monoisotopic (exact) mass is 339 g/mol. The maximum absolute atomic E-state index is 11.7. The zero-order chi connectivity index (χ0) is 16.3. The van der Waals surface area contributed by atoms with E-state index in [-0.39, 0.29) is 11.7 Å². The van der Waals surface area contributed by atoms with Crippen LogP contribution < -0.4 is 14.8 Å². The van der Waals surface area contributed by atoms with Gasteiger partial charge in [-0.1, -0.05) is 36.1 Å². The summed E-state index contributed by atoms with van der Waals surface area (Å²) >= 11 is 6.07. The zero-order valence-corrected chi connectivity index (χ0v) is 13.4. The molecule has 2 N–H and O–H groups in total. The van der Waals surface area contributed by atoms with Crippen molar-refractivity contribution in [1.82, 2.24) is 5.32 Å². The van der Waals surface area contributed by atoms with Gasteiger partial charge >= 0.3 is 5.97 Å². The van der Waals surface area contributed by atoms with Gasteiger partial charge in [0.2, 0.25) is 0 Å². The Labute approximate surface area is 136 Å². The second-order valence-electron chi connectivity index (χ2n) is 4.33. The molecule has 1 heterocycles. The number of aliphatic carboxylic acids is 1. The molecule has 0 saturated carbocycles. The van der Waals surface area contributed by atoms with E-state index in [9.17, 15) is 9.59 Å². The smallest absolute Gasteiger partial charge is 0.344 e. The van der Waals surface area contributed by atoms with Gasteiger partial charge in [0, 0.05) is 5.56 Å². The molecule has 116 valence electrons. The normalized spacial score (nSPS) is 17.3. The molecule has 0 aromatic heterocycles. The number of nitrogens with one attached hydrogen (secondary N) is 1.